The van der Waals surface area contributed by atoms with E-state index in [1.165, 1.54) is 25.7 Å². The van der Waals surface area contributed by atoms with Crippen molar-refractivity contribution < 1.29 is 0 Å². The van der Waals surface area contributed by atoms with Crippen LogP contribution in [0.2, 0.25) is 0 Å². The molecule has 1 N–H and O–H groups in total. The summed E-state index contributed by atoms with van der Waals surface area (Å²) in [4.78, 5) is 4.07. The molecule has 18 heavy (non-hydrogen) atoms. The second-order valence-electron chi connectivity index (χ2n) is 5.38. The lowest BCUT2D eigenvalue weighted by Gasteiger charge is -2.26. The van der Waals surface area contributed by atoms with Crippen molar-refractivity contribution in [2.75, 3.05) is 6.54 Å². The number of aromatic nitrogens is 1. The molecular weight excluding hydrogens is 222 g/mol. The third-order valence-corrected chi connectivity index (χ3v) is 3.88. The average molecular weight is 243 g/mol. The third-order valence-electron chi connectivity index (χ3n) is 3.88. The maximum absolute atomic E-state index is 8.96. The molecule has 3 nitrogen and oxygen atoms in total. The van der Waals surface area contributed by atoms with Crippen molar-refractivity contribution in [3.05, 3.63) is 29.6 Å². The van der Waals surface area contributed by atoms with Gasteiger partial charge in [0.05, 0.1) is 0 Å². The van der Waals surface area contributed by atoms with E-state index in [0.717, 1.165) is 30.5 Å². The highest BCUT2D eigenvalue weighted by Crippen LogP contribution is 2.27. The van der Waals surface area contributed by atoms with E-state index in [1.54, 1.807) is 6.20 Å². The number of rotatable bonds is 4. The SMILES string of the molecule is CC1CCC(CNCc2cccnc2C#N)CC1. The van der Waals surface area contributed by atoms with Gasteiger partial charge in [-0.3, -0.25) is 0 Å². The molecule has 1 aliphatic rings. The predicted octanol–water partition coefficient (Wildman–Crippen LogP) is 2.87. The van der Waals surface area contributed by atoms with E-state index >= 15 is 0 Å². The molecule has 96 valence electrons. The number of pyridine rings is 1. The molecule has 0 bridgehead atoms. The van der Waals surface area contributed by atoms with Gasteiger partial charge in [0.2, 0.25) is 0 Å². The Hall–Kier alpha value is -1.40. The molecule has 1 saturated carbocycles. The normalized spacial score (nSPS) is 23.6. The monoisotopic (exact) mass is 243 g/mol. The average Bonchev–Trinajstić information content (AvgIpc) is 2.41. The third kappa shape index (κ3) is 3.54. The molecule has 0 aliphatic heterocycles. The zero-order chi connectivity index (χ0) is 12.8. The minimum Gasteiger partial charge on any atom is -0.312 e. The maximum Gasteiger partial charge on any atom is 0.144 e. The summed E-state index contributed by atoms with van der Waals surface area (Å²) in [6.07, 6.45) is 7.08. The molecule has 0 amide bonds. The molecule has 1 fully saturated rings. The van der Waals surface area contributed by atoms with Gasteiger partial charge in [0.15, 0.2) is 0 Å². The van der Waals surface area contributed by atoms with Crippen molar-refractivity contribution in [3.63, 3.8) is 0 Å². The Kier molecular flexibility index (Phi) is 4.72. The zero-order valence-electron chi connectivity index (χ0n) is 11.0. The summed E-state index contributed by atoms with van der Waals surface area (Å²) >= 11 is 0. The molecule has 0 unspecified atom stereocenters. The molecular formula is C15H21N3. The molecule has 0 aromatic carbocycles. The highest BCUT2D eigenvalue weighted by Gasteiger charge is 2.17. The van der Waals surface area contributed by atoms with E-state index in [2.05, 4.69) is 23.3 Å². The van der Waals surface area contributed by atoms with Crippen LogP contribution >= 0.6 is 0 Å². The first-order valence-corrected chi connectivity index (χ1v) is 6.84. The molecule has 1 heterocycles. The van der Waals surface area contributed by atoms with Gasteiger partial charge >= 0.3 is 0 Å². The fourth-order valence-electron chi connectivity index (χ4n) is 2.63. The Balaban J connectivity index is 1.77. The van der Waals surface area contributed by atoms with Crippen LogP contribution in [0, 0.1) is 23.2 Å². The first kappa shape index (κ1) is 13.0. The van der Waals surface area contributed by atoms with Crippen molar-refractivity contribution in [2.24, 2.45) is 11.8 Å². The van der Waals surface area contributed by atoms with E-state index in [-0.39, 0.29) is 0 Å². The molecule has 2 rings (SSSR count). The summed E-state index contributed by atoms with van der Waals surface area (Å²) in [5, 5.41) is 12.4. The van der Waals surface area contributed by atoms with Crippen LogP contribution in [-0.4, -0.2) is 11.5 Å². The van der Waals surface area contributed by atoms with E-state index in [0.29, 0.717) is 5.69 Å². The molecule has 0 radical (unpaired) electrons. The summed E-state index contributed by atoms with van der Waals surface area (Å²) in [6, 6.07) is 6.00. The van der Waals surface area contributed by atoms with Gasteiger partial charge < -0.3 is 5.32 Å². The number of hydrogen-bond acceptors (Lipinski definition) is 3. The Morgan fingerprint density at radius 1 is 1.39 bits per heavy atom. The van der Waals surface area contributed by atoms with Gasteiger partial charge in [-0.1, -0.05) is 25.8 Å². The van der Waals surface area contributed by atoms with E-state index in [1.807, 2.05) is 12.1 Å². The smallest absolute Gasteiger partial charge is 0.144 e. The van der Waals surface area contributed by atoms with Crippen LogP contribution in [0.25, 0.3) is 0 Å². The number of nitrogens with one attached hydrogen (secondary N) is 1. The van der Waals surface area contributed by atoms with Gasteiger partial charge in [0.25, 0.3) is 0 Å². The highest BCUT2D eigenvalue weighted by atomic mass is 14.9. The summed E-state index contributed by atoms with van der Waals surface area (Å²) in [6.45, 7) is 4.16. The quantitative estimate of drug-likeness (QED) is 0.884. The predicted molar refractivity (Wildman–Crippen MR) is 71.8 cm³/mol. The topological polar surface area (TPSA) is 48.7 Å². The second kappa shape index (κ2) is 6.51. The van der Waals surface area contributed by atoms with E-state index < -0.39 is 0 Å². The largest absolute Gasteiger partial charge is 0.312 e. The van der Waals surface area contributed by atoms with E-state index in [4.69, 9.17) is 5.26 Å². The van der Waals surface area contributed by atoms with Crippen molar-refractivity contribution >= 4 is 0 Å². The fraction of sp³-hybridized carbons (Fsp3) is 0.600. The van der Waals surface area contributed by atoms with Crippen molar-refractivity contribution in [1.29, 1.82) is 5.26 Å². The Morgan fingerprint density at radius 2 is 2.17 bits per heavy atom. The van der Waals surface area contributed by atoms with Gasteiger partial charge in [-0.2, -0.15) is 5.26 Å². The summed E-state index contributed by atoms with van der Waals surface area (Å²) in [5.74, 6) is 1.72. The fourth-order valence-corrected chi connectivity index (χ4v) is 2.63. The molecule has 3 heteroatoms. The van der Waals surface area contributed by atoms with Crippen molar-refractivity contribution in [1.82, 2.24) is 10.3 Å². The standard InChI is InChI=1S/C15H21N3/c1-12-4-6-13(7-5-12)10-17-11-14-3-2-8-18-15(14)9-16/h2-3,8,12-13,17H,4-7,10-11H2,1H3. The summed E-state index contributed by atoms with van der Waals surface area (Å²) in [7, 11) is 0. The van der Waals surface area contributed by atoms with Crippen molar-refractivity contribution in [3.8, 4) is 6.07 Å². The van der Waals surface area contributed by atoms with Crippen molar-refractivity contribution in [2.45, 2.75) is 39.2 Å². The second-order valence-corrected chi connectivity index (χ2v) is 5.38. The van der Waals surface area contributed by atoms with Crippen LogP contribution < -0.4 is 5.32 Å². The van der Waals surface area contributed by atoms with Gasteiger partial charge in [0.1, 0.15) is 11.8 Å². The lowest BCUT2D eigenvalue weighted by Crippen LogP contribution is -2.26. The van der Waals surface area contributed by atoms with Crippen LogP contribution in [-0.2, 0) is 6.54 Å². The summed E-state index contributed by atoms with van der Waals surface area (Å²) < 4.78 is 0. The number of nitrogens with zero attached hydrogens (tertiary/aromatic N) is 2. The lowest BCUT2D eigenvalue weighted by molar-refractivity contribution is 0.281. The number of nitriles is 1. The van der Waals surface area contributed by atoms with Crippen LogP contribution in [0.1, 0.15) is 43.9 Å². The van der Waals surface area contributed by atoms with Gasteiger partial charge in [-0.25, -0.2) is 4.98 Å². The maximum atomic E-state index is 8.96. The van der Waals surface area contributed by atoms with E-state index in [9.17, 15) is 0 Å². The van der Waals surface area contributed by atoms with Gasteiger partial charge in [-0.15, -0.1) is 0 Å². The van der Waals surface area contributed by atoms with Crippen LogP contribution in [0.4, 0.5) is 0 Å². The molecule has 1 aromatic heterocycles. The zero-order valence-corrected chi connectivity index (χ0v) is 11.0. The Bertz CT molecular complexity index is 414. The van der Waals surface area contributed by atoms with Crippen LogP contribution in [0.5, 0.6) is 0 Å². The highest BCUT2D eigenvalue weighted by molar-refractivity contribution is 5.30. The Morgan fingerprint density at radius 3 is 2.89 bits per heavy atom. The van der Waals surface area contributed by atoms with Crippen LogP contribution in [0.3, 0.4) is 0 Å². The molecule has 1 aliphatic carbocycles. The first-order chi connectivity index (χ1) is 8.79. The van der Waals surface area contributed by atoms with Gasteiger partial charge in [-0.05, 0) is 37.3 Å². The minimum absolute atomic E-state index is 0.544. The number of hydrogen-bond donors (Lipinski definition) is 1. The molecule has 0 saturated heterocycles. The minimum atomic E-state index is 0.544. The van der Waals surface area contributed by atoms with Gasteiger partial charge in [0, 0.05) is 18.3 Å². The lowest BCUT2D eigenvalue weighted by atomic mass is 9.83. The Labute approximate surface area is 109 Å². The molecule has 0 atom stereocenters. The summed E-state index contributed by atoms with van der Waals surface area (Å²) in [5.41, 5.74) is 1.55. The molecule has 0 spiro atoms. The van der Waals surface area contributed by atoms with Crippen LogP contribution in [0.15, 0.2) is 18.3 Å². The first-order valence-electron chi connectivity index (χ1n) is 6.84. The molecule has 1 aromatic rings.